The molecule has 0 bridgehead atoms. The zero-order valence-electron chi connectivity index (χ0n) is 12.4. The molecule has 0 unspecified atom stereocenters. The molecule has 1 heterocycles. The number of ether oxygens (including phenoxy) is 1. The standard InChI is InChI=1S/C18H14N2O3/c1-23-18(22)14-9-7-12(8-10-14)15-11-16(21)19-20-17(15)13-5-3-2-4-6-13/h2-11H,1H3,(H,19,21). The van der Waals surface area contributed by atoms with Crippen LogP contribution in [0.4, 0.5) is 0 Å². The van der Waals surface area contributed by atoms with Crippen molar-refractivity contribution in [3.05, 3.63) is 76.6 Å². The van der Waals surface area contributed by atoms with E-state index in [1.54, 1.807) is 24.3 Å². The lowest BCUT2D eigenvalue weighted by Gasteiger charge is -2.08. The van der Waals surface area contributed by atoms with Crippen LogP contribution in [0.5, 0.6) is 0 Å². The van der Waals surface area contributed by atoms with Gasteiger partial charge in [-0.3, -0.25) is 4.79 Å². The third-order valence-corrected chi connectivity index (χ3v) is 3.47. The molecular weight excluding hydrogens is 292 g/mol. The van der Waals surface area contributed by atoms with Gasteiger partial charge in [0.1, 0.15) is 0 Å². The number of esters is 1. The Hall–Kier alpha value is -3.21. The lowest BCUT2D eigenvalue weighted by atomic mass is 9.99. The lowest BCUT2D eigenvalue weighted by molar-refractivity contribution is 0.0601. The minimum Gasteiger partial charge on any atom is -0.465 e. The number of carbonyl (C=O) groups is 1. The van der Waals surface area contributed by atoms with Crippen LogP contribution in [0.3, 0.4) is 0 Å². The molecule has 0 aliphatic carbocycles. The predicted molar refractivity (Wildman–Crippen MR) is 87.1 cm³/mol. The molecule has 3 aromatic rings. The van der Waals surface area contributed by atoms with Crippen molar-refractivity contribution >= 4 is 5.97 Å². The fraction of sp³-hybridized carbons (Fsp3) is 0.0556. The van der Waals surface area contributed by atoms with Crippen LogP contribution in [0.2, 0.25) is 0 Å². The van der Waals surface area contributed by atoms with Gasteiger partial charge in [0.15, 0.2) is 0 Å². The summed E-state index contributed by atoms with van der Waals surface area (Å²) in [5.74, 6) is -0.399. The van der Waals surface area contributed by atoms with E-state index >= 15 is 0 Å². The summed E-state index contributed by atoms with van der Waals surface area (Å²) in [4.78, 5) is 23.2. The van der Waals surface area contributed by atoms with Crippen LogP contribution in [-0.2, 0) is 4.74 Å². The minimum atomic E-state index is -0.399. The Morgan fingerprint density at radius 1 is 1.00 bits per heavy atom. The summed E-state index contributed by atoms with van der Waals surface area (Å²) >= 11 is 0. The zero-order valence-corrected chi connectivity index (χ0v) is 12.4. The molecule has 0 aliphatic rings. The van der Waals surface area contributed by atoms with Crippen molar-refractivity contribution in [2.45, 2.75) is 0 Å². The molecule has 0 fully saturated rings. The van der Waals surface area contributed by atoms with Crippen LogP contribution in [0.1, 0.15) is 10.4 Å². The van der Waals surface area contributed by atoms with Gasteiger partial charge in [-0.25, -0.2) is 9.89 Å². The molecule has 0 saturated carbocycles. The number of carbonyl (C=O) groups excluding carboxylic acids is 1. The second kappa shape index (κ2) is 6.27. The predicted octanol–water partition coefficient (Wildman–Crippen LogP) is 2.89. The van der Waals surface area contributed by atoms with Gasteiger partial charge in [0.25, 0.3) is 5.56 Å². The van der Waals surface area contributed by atoms with Crippen LogP contribution >= 0.6 is 0 Å². The molecule has 0 saturated heterocycles. The van der Waals surface area contributed by atoms with Gasteiger partial charge in [-0.2, -0.15) is 5.10 Å². The number of methoxy groups -OCH3 is 1. The van der Waals surface area contributed by atoms with E-state index in [2.05, 4.69) is 14.9 Å². The molecule has 1 N–H and O–H groups in total. The van der Waals surface area contributed by atoms with Crippen molar-refractivity contribution < 1.29 is 9.53 Å². The second-order valence-electron chi connectivity index (χ2n) is 4.93. The Labute approximate surface area is 132 Å². The average molecular weight is 306 g/mol. The van der Waals surface area contributed by atoms with Crippen LogP contribution in [0.15, 0.2) is 65.5 Å². The minimum absolute atomic E-state index is 0.281. The van der Waals surface area contributed by atoms with Gasteiger partial charge >= 0.3 is 5.97 Å². The van der Waals surface area contributed by atoms with Gasteiger partial charge in [0, 0.05) is 17.2 Å². The Morgan fingerprint density at radius 2 is 1.70 bits per heavy atom. The number of aromatic nitrogens is 2. The fourth-order valence-corrected chi connectivity index (χ4v) is 2.34. The molecular formula is C18H14N2O3. The number of hydrogen-bond donors (Lipinski definition) is 1. The monoisotopic (exact) mass is 306 g/mol. The van der Waals surface area contributed by atoms with Crippen molar-refractivity contribution in [1.29, 1.82) is 0 Å². The number of benzene rings is 2. The Kier molecular flexibility index (Phi) is 4.01. The fourth-order valence-electron chi connectivity index (χ4n) is 2.34. The Morgan fingerprint density at radius 3 is 2.35 bits per heavy atom. The molecule has 5 heteroatoms. The highest BCUT2D eigenvalue weighted by molar-refractivity contribution is 5.90. The van der Waals surface area contributed by atoms with Gasteiger partial charge in [0.05, 0.1) is 18.4 Å². The average Bonchev–Trinajstić information content (AvgIpc) is 2.62. The van der Waals surface area contributed by atoms with E-state index in [1.807, 2.05) is 30.3 Å². The molecule has 114 valence electrons. The maximum atomic E-state index is 11.7. The van der Waals surface area contributed by atoms with Crippen LogP contribution in [0, 0.1) is 0 Å². The van der Waals surface area contributed by atoms with E-state index in [0.29, 0.717) is 16.8 Å². The molecule has 3 rings (SSSR count). The molecule has 0 radical (unpaired) electrons. The third kappa shape index (κ3) is 3.03. The largest absolute Gasteiger partial charge is 0.465 e. The first-order valence-corrected chi connectivity index (χ1v) is 7.03. The molecule has 0 aliphatic heterocycles. The number of rotatable bonds is 3. The molecule has 0 spiro atoms. The van der Waals surface area contributed by atoms with Crippen LogP contribution in [0.25, 0.3) is 22.4 Å². The topological polar surface area (TPSA) is 72.1 Å². The summed E-state index contributed by atoms with van der Waals surface area (Å²) in [6.07, 6.45) is 0. The quantitative estimate of drug-likeness (QED) is 0.755. The Balaban J connectivity index is 2.11. The summed E-state index contributed by atoms with van der Waals surface area (Å²) in [6.45, 7) is 0. The highest BCUT2D eigenvalue weighted by Gasteiger charge is 2.11. The van der Waals surface area contributed by atoms with E-state index in [4.69, 9.17) is 0 Å². The van der Waals surface area contributed by atoms with Crippen molar-refractivity contribution in [1.82, 2.24) is 10.2 Å². The number of H-pyrrole nitrogens is 1. The van der Waals surface area contributed by atoms with E-state index in [0.717, 1.165) is 11.1 Å². The molecule has 2 aromatic carbocycles. The highest BCUT2D eigenvalue weighted by atomic mass is 16.5. The van der Waals surface area contributed by atoms with Crippen molar-refractivity contribution in [2.75, 3.05) is 7.11 Å². The third-order valence-electron chi connectivity index (χ3n) is 3.47. The number of aromatic amines is 1. The summed E-state index contributed by atoms with van der Waals surface area (Å²) in [7, 11) is 1.34. The lowest BCUT2D eigenvalue weighted by Crippen LogP contribution is -2.08. The first-order chi connectivity index (χ1) is 11.2. The van der Waals surface area contributed by atoms with Crippen molar-refractivity contribution in [3.63, 3.8) is 0 Å². The number of nitrogens with zero attached hydrogens (tertiary/aromatic N) is 1. The number of nitrogens with one attached hydrogen (secondary N) is 1. The molecule has 23 heavy (non-hydrogen) atoms. The zero-order chi connectivity index (χ0) is 16.2. The first-order valence-electron chi connectivity index (χ1n) is 7.03. The van der Waals surface area contributed by atoms with E-state index in [1.165, 1.54) is 13.2 Å². The van der Waals surface area contributed by atoms with E-state index < -0.39 is 5.97 Å². The maximum Gasteiger partial charge on any atom is 0.337 e. The molecule has 5 nitrogen and oxygen atoms in total. The summed E-state index contributed by atoms with van der Waals surface area (Å²) in [6, 6.07) is 18.0. The smallest absolute Gasteiger partial charge is 0.337 e. The van der Waals surface area contributed by atoms with Gasteiger partial charge in [0.2, 0.25) is 0 Å². The maximum absolute atomic E-state index is 11.7. The molecule has 0 amide bonds. The highest BCUT2D eigenvalue weighted by Crippen LogP contribution is 2.28. The van der Waals surface area contributed by atoms with Crippen molar-refractivity contribution in [3.8, 4) is 22.4 Å². The van der Waals surface area contributed by atoms with Gasteiger partial charge < -0.3 is 4.74 Å². The number of hydrogen-bond acceptors (Lipinski definition) is 4. The first kappa shape index (κ1) is 14.7. The second-order valence-corrected chi connectivity index (χ2v) is 4.93. The van der Waals surface area contributed by atoms with Gasteiger partial charge in [-0.05, 0) is 17.7 Å². The van der Waals surface area contributed by atoms with Crippen LogP contribution in [-0.4, -0.2) is 23.3 Å². The molecule has 0 atom stereocenters. The van der Waals surface area contributed by atoms with Crippen molar-refractivity contribution in [2.24, 2.45) is 0 Å². The summed E-state index contributed by atoms with van der Waals surface area (Å²) in [5.41, 5.74) is 3.25. The van der Waals surface area contributed by atoms with Gasteiger partial charge in [-0.1, -0.05) is 42.5 Å². The normalized spacial score (nSPS) is 10.3. The Bertz CT molecular complexity index is 884. The molecule has 1 aromatic heterocycles. The SMILES string of the molecule is COC(=O)c1ccc(-c2cc(=O)[nH]nc2-c2ccccc2)cc1. The summed E-state index contributed by atoms with van der Waals surface area (Å²) in [5, 5.41) is 6.64. The van der Waals surface area contributed by atoms with E-state index in [9.17, 15) is 9.59 Å². The van der Waals surface area contributed by atoms with Gasteiger partial charge in [-0.15, -0.1) is 0 Å². The van der Waals surface area contributed by atoms with Crippen LogP contribution < -0.4 is 5.56 Å². The summed E-state index contributed by atoms with van der Waals surface area (Å²) < 4.78 is 4.69. The van der Waals surface area contributed by atoms with E-state index in [-0.39, 0.29) is 5.56 Å².